The summed E-state index contributed by atoms with van der Waals surface area (Å²) in [5.41, 5.74) is 0.523. The lowest BCUT2D eigenvalue weighted by Gasteiger charge is -2.38. The molecule has 3 rings (SSSR count). The number of carbonyl (C=O) groups is 2. The molecule has 1 aromatic rings. The van der Waals surface area contributed by atoms with Gasteiger partial charge in [-0.1, -0.05) is 44.0 Å². The van der Waals surface area contributed by atoms with Crippen LogP contribution in [0.5, 0.6) is 0 Å². The number of hydrogen-bond acceptors (Lipinski definition) is 3. The summed E-state index contributed by atoms with van der Waals surface area (Å²) < 4.78 is 0. The van der Waals surface area contributed by atoms with Crippen molar-refractivity contribution < 1.29 is 9.59 Å². The maximum Gasteiger partial charge on any atom is 0.275 e. The molecule has 4 nitrogen and oxygen atoms in total. The number of amides is 1. The Balaban J connectivity index is 0.00000100. The summed E-state index contributed by atoms with van der Waals surface area (Å²) >= 11 is 11.4. The van der Waals surface area contributed by atoms with Crippen molar-refractivity contribution in [1.82, 2.24) is 4.90 Å². The van der Waals surface area contributed by atoms with Crippen LogP contribution in [0.1, 0.15) is 51.5 Å². The lowest BCUT2D eigenvalue weighted by Crippen LogP contribution is -2.49. The first-order chi connectivity index (χ1) is 11.5. The molecule has 0 N–H and O–H groups in total. The Bertz CT molecular complexity index is 635. The summed E-state index contributed by atoms with van der Waals surface area (Å²) in [6, 6.07) is 7.02. The maximum absolute atomic E-state index is 12.8. The van der Waals surface area contributed by atoms with Gasteiger partial charge in [0.15, 0.2) is 0 Å². The minimum absolute atomic E-state index is 0.0963. The Kier molecular flexibility index (Phi) is 6.41. The van der Waals surface area contributed by atoms with Gasteiger partial charge in [0.2, 0.25) is 5.24 Å². The van der Waals surface area contributed by atoms with E-state index < -0.39 is 10.9 Å². The van der Waals surface area contributed by atoms with E-state index in [9.17, 15) is 9.59 Å². The van der Waals surface area contributed by atoms with Crippen LogP contribution in [0.4, 0.5) is 0 Å². The van der Waals surface area contributed by atoms with Gasteiger partial charge in [0.1, 0.15) is 11.4 Å². The number of rotatable bonds is 3. The van der Waals surface area contributed by atoms with Crippen molar-refractivity contribution in [2.24, 2.45) is 4.99 Å². The highest BCUT2D eigenvalue weighted by Crippen LogP contribution is 2.39. The predicted octanol–water partition coefficient (Wildman–Crippen LogP) is 4.42. The third-order valence-corrected chi connectivity index (χ3v) is 4.70. The topological polar surface area (TPSA) is 49.7 Å². The summed E-state index contributed by atoms with van der Waals surface area (Å²) in [6.07, 6.45) is 4.68. The Morgan fingerprint density at radius 2 is 1.75 bits per heavy atom. The minimum Gasteiger partial charge on any atom is -0.304 e. The van der Waals surface area contributed by atoms with Crippen molar-refractivity contribution in [3.63, 3.8) is 0 Å². The number of nitrogens with zero attached hydrogens (tertiary/aromatic N) is 2. The first-order valence-electron chi connectivity index (χ1n) is 8.38. The molecule has 1 aliphatic carbocycles. The molecule has 1 heterocycles. The van der Waals surface area contributed by atoms with E-state index in [2.05, 4.69) is 0 Å². The fraction of sp³-hybridized carbons (Fsp3) is 0.500. The fourth-order valence-corrected chi connectivity index (χ4v) is 3.52. The minimum atomic E-state index is -0.602. The van der Waals surface area contributed by atoms with E-state index in [1.165, 1.54) is 0 Å². The molecule has 1 aromatic carbocycles. The van der Waals surface area contributed by atoms with E-state index >= 15 is 0 Å². The van der Waals surface area contributed by atoms with Crippen LogP contribution in [-0.4, -0.2) is 34.0 Å². The standard InChI is InChI=1S/C16H16Cl2N2O2.C2H6/c17-12-6-4-11(5-7-12)14-15(22)20(10-13(18)21)16(19-14)8-2-1-3-9-16;1-2/h4-7H,1-3,8-10H2;1-2H3. The molecule has 0 saturated heterocycles. The molecule has 24 heavy (non-hydrogen) atoms. The van der Waals surface area contributed by atoms with Crippen LogP contribution in [0.15, 0.2) is 29.3 Å². The highest BCUT2D eigenvalue weighted by Gasteiger charge is 2.48. The maximum atomic E-state index is 12.8. The van der Waals surface area contributed by atoms with E-state index in [-0.39, 0.29) is 12.5 Å². The zero-order valence-corrected chi connectivity index (χ0v) is 15.5. The van der Waals surface area contributed by atoms with E-state index in [1.54, 1.807) is 29.2 Å². The molecule has 0 unspecified atom stereocenters. The van der Waals surface area contributed by atoms with E-state index in [1.807, 2.05) is 13.8 Å². The fourth-order valence-electron chi connectivity index (χ4n) is 3.27. The van der Waals surface area contributed by atoms with Gasteiger partial charge >= 0.3 is 0 Å². The zero-order valence-electron chi connectivity index (χ0n) is 14.0. The Morgan fingerprint density at radius 1 is 1.17 bits per heavy atom. The van der Waals surface area contributed by atoms with Crippen molar-refractivity contribution >= 4 is 40.1 Å². The number of benzene rings is 1. The Morgan fingerprint density at radius 3 is 2.29 bits per heavy atom. The first-order valence-corrected chi connectivity index (χ1v) is 9.13. The van der Waals surface area contributed by atoms with Gasteiger partial charge in [0, 0.05) is 10.6 Å². The summed E-state index contributed by atoms with van der Waals surface area (Å²) in [5.74, 6) is -0.224. The SMILES string of the molecule is CC.O=C(Cl)CN1C(=O)C(c2ccc(Cl)cc2)=NC12CCCCC2. The van der Waals surface area contributed by atoms with Crippen LogP contribution in [0.2, 0.25) is 5.02 Å². The molecule has 0 atom stereocenters. The van der Waals surface area contributed by atoms with Gasteiger partial charge in [-0.3, -0.25) is 14.6 Å². The van der Waals surface area contributed by atoms with E-state index in [0.717, 1.165) is 37.7 Å². The van der Waals surface area contributed by atoms with E-state index in [4.69, 9.17) is 28.2 Å². The zero-order chi connectivity index (χ0) is 17.7. The number of aliphatic imine (C=N–C) groups is 1. The second-order valence-electron chi connectivity index (χ2n) is 5.76. The molecule has 0 bridgehead atoms. The molecular formula is C18H22Cl2N2O2. The lowest BCUT2D eigenvalue weighted by molar-refractivity contribution is -0.132. The van der Waals surface area contributed by atoms with Gasteiger partial charge in [-0.15, -0.1) is 0 Å². The first kappa shape index (κ1) is 18.9. The molecule has 1 spiro atoms. The molecule has 1 aliphatic heterocycles. The number of carbonyl (C=O) groups excluding carboxylic acids is 2. The van der Waals surface area contributed by atoms with Crippen LogP contribution < -0.4 is 0 Å². The summed E-state index contributed by atoms with van der Waals surface area (Å²) in [5, 5.41) is 0.0702. The molecule has 130 valence electrons. The van der Waals surface area contributed by atoms with Crippen molar-refractivity contribution in [3.05, 3.63) is 34.9 Å². The highest BCUT2D eigenvalue weighted by molar-refractivity contribution is 6.64. The van der Waals surface area contributed by atoms with Crippen LogP contribution >= 0.6 is 23.2 Å². The molecule has 6 heteroatoms. The summed E-state index contributed by atoms with van der Waals surface area (Å²) in [7, 11) is 0. The van der Waals surface area contributed by atoms with Crippen LogP contribution in [-0.2, 0) is 9.59 Å². The van der Waals surface area contributed by atoms with Crippen LogP contribution in [0.3, 0.4) is 0 Å². The molecule has 0 aromatic heterocycles. The normalized spacial score (nSPS) is 18.9. The van der Waals surface area contributed by atoms with E-state index in [0.29, 0.717) is 10.7 Å². The van der Waals surface area contributed by atoms with Gasteiger partial charge in [-0.05, 0) is 49.4 Å². The summed E-state index contributed by atoms with van der Waals surface area (Å²) in [6.45, 7) is 3.90. The van der Waals surface area contributed by atoms with Gasteiger partial charge in [-0.2, -0.15) is 0 Å². The Hall–Kier alpha value is -1.39. The average molecular weight is 369 g/mol. The quantitative estimate of drug-likeness (QED) is 0.741. The average Bonchev–Trinajstić information content (AvgIpc) is 2.84. The van der Waals surface area contributed by atoms with Gasteiger partial charge < -0.3 is 4.90 Å². The van der Waals surface area contributed by atoms with Crippen LogP contribution in [0, 0.1) is 0 Å². The molecule has 1 saturated carbocycles. The van der Waals surface area contributed by atoms with Crippen molar-refractivity contribution in [1.29, 1.82) is 0 Å². The monoisotopic (exact) mass is 368 g/mol. The highest BCUT2D eigenvalue weighted by atomic mass is 35.5. The summed E-state index contributed by atoms with van der Waals surface area (Å²) in [4.78, 5) is 30.4. The smallest absolute Gasteiger partial charge is 0.275 e. The van der Waals surface area contributed by atoms with Gasteiger partial charge in [-0.25, -0.2) is 0 Å². The molecule has 1 amide bonds. The molecule has 1 fully saturated rings. The van der Waals surface area contributed by atoms with Crippen molar-refractivity contribution in [3.8, 4) is 0 Å². The Labute approximate surface area is 152 Å². The van der Waals surface area contributed by atoms with Crippen LogP contribution in [0.25, 0.3) is 0 Å². The predicted molar refractivity (Wildman–Crippen MR) is 97.7 cm³/mol. The van der Waals surface area contributed by atoms with Gasteiger partial charge in [0.25, 0.3) is 5.91 Å². The second-order valence-corrected chi connectivity index (χ2v) is 6.61. The third kappa shape index (κ3) is 3.81. The molecule has 2 aliphatic rings. The molecule has 0 radical (unpaired) electrons. The second kappa shape index (κ2) is 8.13. The third-order valence-electron chi connectivity index (χ3n) is 4.32. The van der Waals surface area contributed by atoms with Gasteiger partial charge in [0.05, 0.1) is 6.54 Å². The van der Waals surface area contributed by atoms with Crippen molar-refractivity contribution in [2.75, 3.05) is 6.54 Å². The number of halogens is 2. The number of hydrogen-bond donors (Lipinski definition) is 0. The lowest BCUT2D eigenvalue weighted by atomic mass is 9.88. The largest absolute Gasteiger partial charge is 0.304 e. The van der Waals surface area contributed by atoms with Crippen molar-refractivity contribution in [2.45, 2.75) is 51.6 Å². The molecular weight excluding hydrogens is 347 g/mol.